The second-order valence-corrected chi connectivity index (χ2v) is 6.08. The van der Waals surface area contributed by atoms with Crippen LogP contribution in [0.2, 0.25) is 0 Å². The summed E-state index contributed by atoms with van der Waals surface area (Å²) in [6.45, 7) is 2.03. The number of alkyl halides is 3. The van der Waals surface area contributed by atoms with Crippen LogP contribution in [-0.4, -0.2) is 59.0 Å². The lowest BCUT2D eigenvalue weighted by Crippen LogP contribution is -2.46. The van der Waals surface area contributed by atoms with E-state index in [1.807, 2.05) is 0 Å². The van der Waals surface area contributed by atoms with Crippen LogP contribution in [0, 0.1) is 0 Å². The third kappa shape index (κ3) is 5.24. The Hall–Kier alpha value is -2.52. The molecule has 7 nitrogen and oxygen atoms in total. The van der Waals surface area contributed by atoms with Gasteiger partial charge in [0.25, 0.3) is 5.91 Å². The first-order valence-electron chi connectivity index (χ1n) is 8.29. The van der Waals surface area contributed by atoms with Gasteiger partial charge in [0, 0.05) is 37.9 Å². The van der Waals surface area contributed by atoms with Gasteiger partial charge in [-0.1, -0.05) is 0 Å². The van der Waals surface area contributed by atoms with Crippen LogP contribution >= 0.6 is 0 Å². The standard InChI is InChI=1S/C16H21F3N4O3/c1-2-21-15(26)12-7-11(22-14(25)10-4-6-20-8-10)9-23(12)13(24)3-5-16(17,18)19/h4,6,8,11-12,20H,2-3,5,7,9H2,1H3,(H,21,26)(H,22,25)/t11-,12-/m0/s1. The molecule has 144 valence electrons. The topological polar surface area (TPSA) is 94.3 Å². The average Bonchev–Trinajstić information content (AvgIpc) is 3.21. The Labute approximate surface area is 148 Å². The molecule has 3 amide bonds. The minimum Gasteiger partial charge on any atom is -0.367 e. The number of hydrogen-bond acceptors (Lipinski definition) is 3. The fraction of sp³-hybridized carbons (Fsp3) is 0.562. The van der Waals surface area contributed by atoms with Crippen LogP contribution in [0.5, 0.6) is 0 Å². The van der Waals surface area contributed by atoms with E-state index in [2.05, 4.69) is 15.6 Å². The van der Waals surface area contributed by atoms with Gasteiger partial charge in [-0.15, -0.1) is 0 Å². The Balaban J connectivity index is 2.04. The van der Waals surface area contributed by atoms with Gasteiger partial charge in [0.15, 0.2) is 0 Å². The first kappa shape index (κ1) is 19.8. The van der Waals surface area contributed by atoms with Crippen LogP contribution in [0.3, 0.4) is 0 Å². The van der Waals surface area contributed by atoms with E-state index in [9.17, 15) is 27.6 Å². The normalized spacial score (nSPS) is 20.1. The van der Waals surface area contributed by atoms with Crippen LogP contribution in [0.15, 0.2) is 18.5 Å². The maximum Gasteiger partial charge on any atom is 0.389 e. The summed E-state index contributed by atoms with van der Waals surface area (Å²) < 4.78 is 37.1. The Morgan fingerprint density at radius 1 is 1.35 bits per heavy atom. The summed E-state index contributed by atoms with van der Waals surface area (Å²) in [5.41, 5.74) is 0.390. The van der Waals surface area contributed by atoms with Gasteiger partial charge >= 0.3 is 6.18 Å². The number of aromatic amines is 1. The Morgan fingerprint density at radius 3 is 2.65 bits per heavy atom. The van der Waals surface area contributed by atoms with E-state index in [1.165, 1.54) is 6.20 Å². The molecule has 0 unspecified atom stereocenters. The summed E-state index contributed by atoms with van der Waals surface area (Å²) in [4.78, 5) is 40.4. The Bertz CT molecular complexity index is 646. The van der Waals surface area contributed by atoms with Gasteiger partial charge in [0.1, 0.15) is 6.04 Å². The molecule has 0 radical (unpaired) electrons. The van der Waals surface area contributed by atoms with Crippen LogP contribution in [0.25, 0.3) is 0 Å². The van der Waals surface area contributed by atoms with Crippen molar-refractivity contribution >= 4 is 17.7 Å². The highest BCUT2D eigenvalue weighted by atomic mass is 19.4. The quantitative estimate of drug-likeness (QED) is 0.698. The molecular formula is C16H21F3N4O3. The molecule has 2 rings (SSSR count). The third-order valence-electron chi connectivity index (χ3n) is 4.09. The molecule has 0 aromatic carbocycles. The highest BCUT2D eigenvalue weighted by molar-refractivity contribution is 5.94. The van der Waals surface area contributed by atoms with Crippen molar-refractivity contribution in [1.29, 1.82) is 0 Å². The minimum atomic E-state index is -4.45. The summed E-state index contributed by atoms with van der Waals surface area (Å²) in [6, 6.07) is 0.157. The van der Waals surface area contributed by atoms with Crippen molar-refractivity contribution in [3.8, 4) is 0 Å². The number of likely N-dealkylation sites (N-methyl/N-ethyl adjacent to an activating group) is 1. The van der Waals surface area contributed by atoms with E-state index in [4.69, 9.17) is 0 Å². The number of rotatable bonds is 6. The monoisotopic (exact) mass is 374 g/mol. The molecule has 2 atom stereocenters. The fourth-order valence-corrected chi connectivity index (χ4v) is 2.88. The highest BCUT2D eigenvalue weighted by Gasteiger charge is 2.41. The third-order valence-corrected chi connectivity index (χ3v) is 4.09. The van der Waals surface area contributed by atoms with Gasteiger partial charge in [-0.05, 0) is 19.4 Å². The number of nitrogens with one attached hydrogen (secondary N) is 3. The zero-order valence-corrected chi connectivity index (χ0v) is 14.2. The minimum absolute atomic E-state index is 0.00530. The number of hydrogen-bond donors (Lipinski definition) is 3. The predicted molar refractivity (Wildman–Crippen MR) is 86.1 cm³/mol. The zero-order valence-electron chi connectivity index (χ0n) is 14.2. The lowest BCUT2D eigenvalue weighted by molar-refractivity contribution is -0.151. The Morgan fingerprint density at radius 2 is 2.08 bits per heavy atom. The van der Waals surface area contributed by atoms with Crippen LogP contribution < -0.4 is 10.6 Å². The van der Waals surface area contributed by atoms with Crippen LogP contribution in [0.4, 0.5) is 13.2 Å². The number of aromatic nitrogens is 1. The van der Waals surface area contributed by atoms with Gasteiger partial charge in [-0.3, -0.25) is 14.4 Å². The number of amides is 3. The second-order valence-electron chi connectivity index (χ2n) is 6.08. The molecular weight excluding hydrogens is 353 g/mol. The summed E-state index contributed by atoms with van der Waals surface area (Å²) >= 11 is 0. The highest BCUT2D eigenvalue weighted by Crippen LogP contribution is 2.25. The molecule has 1 aliphatic heterocycles. The number of carbonyl (C=O) groups is 3. The predicted octanol–water partition coefficient (Wildman–Crippen LogP) is 1.19. The van der Waals surface area contributed by atoms with E-state index in [1.54, 1.807) is 19.2 Å². The average molecular weight is 374 g/mol. The van der Waals surface area contributed by atoms with E-state index in [0.717, 1.165) is 4.90 Å². The van der Waals surface area contributed by atoms with Crippen molar-refractivity contribution in [2.24, 2.45) is 0 Å². The van der Waals surface area contributed by atoms with Crippen LogP contribution in [-0.2, 0) is 9.59 Å². The summed E-state index contributed by atoms with van der Waals surface area (Å²) in [5, 5.41) is 5.28. The van der Waals surface area contributed by atoms with Gasteiger partial charge in [-0.25, -0.2) is 0 Å². The van der Waals surface area contributed by atoms with Gasteiger partial charge < -0.3 is 20.5 Å². The number of carbonyl (C=O) groups excluding carboxylic acids is 3. The maximum absolute atomic E-state index is 12.4. The molecule has 0 aliphatic carbocycles. The van der Waals surface area contributed by atoms with Crippen molar-refractivity contribution in [1.82, 2.24) is 20.5 Å². The summed E-state index contributed by atoms with van der Waals surface area (Å²) in [7, 11) is 0. The second kappa shape index (κ2) is 8.24. The van der Waals surface area contributed by atoms with E-state index < -0.39 is 42.9 Å². The van der Waals surface area contributed by atoms with Gasteiger partial charge in [0.2, 0.25) is 11.8 Å². The zero-order chi connectivity index (χ0) is 19.3. The SMILES string of the molecule is CCNC(=O)[C@@H]1C[C@H](NC(=O)c2cc[nH]c2)CN1C(=O)CCC(F)(F)F. The molecule has 0 saturated carbocycles. The largest absolute Gasteiger partial charge is 0.389 e. The first-order chi connectivity index (χ1) is 12.2. The van der Waals surface area contributed by atoms with Crippen molar-refractivity contribution in [2.75, 3.05) is 13.1 Å². The van der Waals surface area contributed by atoms with Gasteiger partial charge in [-0.2, -0.15) is 13.2 Å². The number of nitrogens with zero attached hydrogens (tertiary/aromatic N) is 1. The van der Waals surface area contributed by atoms with Crippen molar-refractivity contribution < 1.29 is 27.6 Å². The number of likely N-dealkylation sites (tertiary alicyclic amines) is 1. The van der Waals surface area contributed by atoms with Crippen molar-refractivity contribution in [3.05, 3.63) is 24.0 Å². The molecule has 3 N–H and O–H groups in total. The fourth-order valence-electron chi connectivity index (χ4n) is 2.88. The van der Waals surface area contributed by atoms with E-state index in [-0.39, 0.29) is 18.9 Å². The van der Waals surface area contributed by atoms with Crippen molar-refractivity contribution in [3.63, 3.8) is 0 Å². The molecule has 10 heteroatoms. The molecule has 0 bridgehead atoms. The maximum atomic E-state index is 12.4. The number of H-pyrrole nitrogens is 1. The Kier molecular flexibility index (Phi) is 6.27. The first-order valence-corrected chi connectivity index (χ1v) is 8.29. The molecule has 1 saturated heterocycles. The lowest BCUT2D eigenvalue weighted by Gasteiger charge is -2.23. The molecule has 1 fully saturated rings. The van der Waals surface area contributed by atoms with Crippen molar-refractivity contribution in [2.45, 2.75) is 44.4 Å². The number of halogens is 3. The lowest BCUT2D eigenvalue weighted by atomic mass is 10.1. The smallest absolute Gasteiger partial charge is 0.367 e. The molecule has 1 aromatic heterocycles. The summed E-state index contributed by atoms with van der Waals surface area (Å²) in [6.07, 6.45) is -3.19. The molecule has 2 heterocycles. The summed E-state index contributed by atoms with van der Waals surface area (Å²) in [5.74, 6) is -1.57. The van der Waals surface area contributed by atoms with E-state index in [0.29, 0.717) is 12.1 Å². The van der Waals surface area contributed by atoms with Gasteiger partial charge in [0.05, 0.1) is 12.0 Å². The molecule has 0 spiro atoms. The van der Waals surface area contributed by atoms with E-state index >= 15 is 0 Å². The molecule has 26 heavy (non-hydrogen) atoms. The van der Waals surface area contributed by atoms with Crippen LogP contribution in [0.1, 0.15) is 36.5 Å². The molecule has 1 aliphatic rings. The molecule has 1 aromatic rings.